The van der Waals surface area contributed by atoms with Crippen LogP contribution in [0, 0.1) is 11.6 Å². The number of anilines is 1. The largest absolute Gasteiger partial charge is 0.332 e. The van der Waals surface area contributed by atoms with Gasteiger partial charge in [0.1, 0.15) is 17.7 Å². The minimum Gasteiger partial charge on any atom is -0.307 e. The van der Waals surface area contributed by atoms with Gasteiger partial charge in [-0.1, -0.05) is 24.3 Å². The van der Waals surface area contributed by atoms with E-state index in [4.69, 9.17) is 0 Å². The van der Waals surface area contributed by atoms with Crippen LogP contribution in [-0.2, 0) is 17.8 Å². The van der Waals surface area contributed by atoms with Gasteiger partial charge in [-0.05, 0) is 23.3 Å². The summed E-state index contributed by atoms with van der Waals surface area (Å²) in [4.78, 5) is 27.4. The average Bonchev–Trinajstić information content (AvgIpc) is 2.77. The van der Waals surface area contributed by atoms with E-state index in [2.05, 4.69) is 0 Å². The van der Waals surface area contributed by atoms with Crippen LogP contribution in [0.15, 0.2) is 42.5 Å². The van der Waals surface area contributed by atoms with Crippen LogP contribution in [-0.4, -0.2) is 22.9 Å². The summed E-state index contributed by atoms with van der Waals surface area (Å²) in [5.41, 5.74) is 1.78. The van der Waals surface area contributed by atoms with Gasteiger partial charge in [0.15, 0.2) is 0 Å². The number of nitrogens with zero attached hydrogens (tertiary/aromatic N) is 2. The molecule has 2 aromatic rings. The van der Waals surface area contributed by atoms with Crippen molar-refractivity contribution in [1.82, 2.24) is 4.90 Å². The van der Waals surface area contributed by atoms with E-state index in [1.807, 2.05) is 24.3 Å². The van der Waals surface area contributed by atoms with Crippen molar-refractivity contribution in [3.8, 4) is 0 Å². The number of carbonyl (C=O) groups excluding carboxylic acids is 2. The number of urea groups is 1. The number of carbonyl (C=O) groups is 2. The van der Waals surface area contributed by atoms with Crippen molar-refractivity contribution in [1.29, 1.82) is 0 Å². The lowest BCUT2D eigenvalue weighted by atomic mass is 9.95. The fraction of sp³-hybridized carbons (Fsp3) is 0.176. The van der Waals surface area contributed by atoms with Crippen molar-refractivity contribution in [2.45, 2.75) is 19.0 Å². The smallest absolute Gasteiger partial charge is 0.307 e. The number of hydrogen-bond acceptors (Lipinski definition) is 2. The Morgan fingerprint density at radius 1 is 1.00 bits per heavy atom. The monoisotopic (exact) mass is 314 g/mol. The van der Waals surface area contributed by atoms with Crippen molar-refractivity contribution in [2.75, 3.05) is 4.90 Å². The van der Waals surface area contributed by atoms with Crippen LogP contribution in [0.5, 0.6) is 0 Å². The molecule has 23 heavy (non-hydrogen) atoms. The van der Waals surface area contributed by atoms with E-state index in [1.54, 1.807) is 0 Å². The predicted molar refractivity (Wildman–Crippen MR) is 78.7 cm³/mol. The molecule has 2 aliphatic rings. The summed E-state index contributed by atoms with van der Waals surface area (Å²) in [5.74, 6) is -2.16. The number of benzene rings is 2. The van der Waals surface area contributed by atoms with E-state index in [1.165, 1.54) is 4.90 Å². The van der Waals surface area contributed by atoms with Crippen molar-refractivity contribution in [3.05, 3.63) is 65.2 Å². The molecule has 0 spiro atoms. The number of halogens is 2. The summed E-state index contributed by atoms with van der Waals surface area (Å²) in [6.07, 6.45) is 0.403. The molecule has 2 aliphatic heterocycles. The minimum absolute atomic E-state index is 0.208. The van der Waals surface area contributed by atoms with Gasteiger partial charge >= 0.3 is 6.03 Å². The molecule has 0 aromatic heterocycles. The standard InChI is InChI=1S/C17H12F2N2O2/c18-12-5-6-14(13(19)8-12)21-16(22)15-7-10-3-1-2-4-11(10)9-20(15)17(21)23/h1-6,8,15H,7,9H2. The molecule has 1 saturated heterocycles. The average molecular weight is 314 g/mol. The molecule has 1 atom stereocenters. The Kier molecular flexibility index (Phi) is 2.94. The first kappa shape index (κ1) is 13.9. The zero-order valence-electron chi connectivity index (χ0n) is 12.0. The Morgan fingerprint density at radius 2 is 1.74 bits per heavy atom. The Bertz CT molecular complexity index is 794. The number of hydrogen-bond donors (Lipinski definition) is 0. The van der Waals surface area contributed by atoms with Gasteiger partial charge in [0, 0.05) is 19.0 Å². The highest BCUT2D eigenvalue weighted by molar-refractivity contribution is 6.21. The number of amides is 3. The Balaban J connectivity index is 1.74. The molecule has 0 bridgehead atoms. The van der Waals surface area contributed by atoms with Crippen LogP contribution in [0.2, 0.25) is 0 Å². The zero-order chi connectivity index (χ0) is 16.1. The molecule has 116 valence electrons. The topological polar surface area (TPSA) is 40.6 Å². The van der Waals surface area contributed by atoms with Gasteiger partial charge < -0.3 is 4.90 Å². The van der Waals surface area contributed by atoms with Crippen molar-refractivity contribution in [2.24, 2.45) is 0 Å². The molecule has 2 heterocycles. The second kappa shape index (κ2) is 4.87. The summed E-state index contributed by atoms with van der Waals surface area (Å²) in [7, 11) is 0. The van der Waals surface area contributed by atoms with Gasteiger partial charge in [0.2, 0.25) is 0 Å². The third-order valence-corrected chi connectivity index (χ3v) is 4.34. The first-order valence-corrected chi connectivity index (χ1v) is 7.22. The second-order valence-corrected chi connectivity index (χ2v) is 5.67. The normalized spacial score (nSPS) is 19.8. The highest BCUT2D eigenvalue weighted by Gasteiger charge is 2.48. The highest BCUT2D eigenvalue weighted by atomic mass is 19.1. The molecular formula is C17H12F2N2O2. The van der Waals surface area contributed by atoms with E-state index in [0.29, 0.717) is 19.0 Å². The molecule has 4 nitrogen and oxygen atoms in total. The van der Waals surface area contributed by atoms with Crippen molar-refractivity contribution in [3.63, 3.8) is 0 Å². The SMILES string of the molecule is O=C1C2Cc3ccccc3CN2C(=O)N1c1ccc(F)cc1F. The Hall–Kier alpha value is -2.76. The lowest BCUT2D eigenvalue weighted by molar-refractivity contribution is -0.120. The minimum atomic E-state index is -0.927. The maximum atomic E-state index is 14.0. The molecule has 6 heteroatoms. The fourth-order valence-electron chi connectivity index (χ4n) is 3.20. The number of fused-ring (bicyclic) bond motifs is 2. The van der Waals surface area contributed by atoms with Crippen LogP contribution in [0.3, 0.4) is 0 Å². The fourth-order valence-corrected chi connectivity index (χ4v) is 3.20. The quantitative estimate of drug-likeness (QED) is 0.760. The van der Waals surface area contributed by atoms with E-state index in [0.717, 1.165) is 28.2 Å². The van der Waals surface area contributed by atoms with Crippen LogP contribution >= 0.6 is 0 Å². The lowest BCUT2D eigenvalue weighted by Crippen LogP contribution is -2.39. The molecule has 4 rings (SSSR count). The molecule has 1 unspecified atom stereocenters. The van der Waals surface area contributed by atoms with E-state index >= 15 is 0 Å². The van der Waals surface area contributed by atoms with Crippen LogP contribution in [0.25, 0.3) is 0 Å². The number of rotatable bonds is 1. The first-order valence-electron chi connectivity index (χ1n) is 7.22. The predicted octanol–water partition coefficient (Wildman–Crippen LogP) is 2.86. The van der Waals surface area contributed by atoms with E-state index in [9.17, 15) is 18.4 Å². The van der Waals surface area contributed by atoms with Gasteiger partial charge in [-0.2, -0.15) is 0 Å². The van der Waals surface area contributed by atoms with Crippen molar-refractivity contribution < 1.29 is 18.4 Å². The molecule has 0 saturated carbocycles. The summed E-state index contributed by atoms with van der Waals surface area (Å²) < 4.78 is 27.0. The zero-order valence-corrected chi connectivity index (χ0v) is 12.0. The molecule has 1 fully saturated rings. The summed E-state index contributed by atoms with van der Waals surface area (Å²) in [6, 6.07) is 9.20. The highest BCUT2D eigenvalue weighted by Crippen LogP contribution is 2.33. The summed E-state index contributed by atoms with van der Waals surface area (Å²) in [5, 5.41) is 0. The molecule has 0 N–H and O–H groups in total. The van der Waals surface area contributed by atoms with Crippen molar-refractivity contribution >= 4 is 17.6 Å². The van der Waals surface area contributed by atoms with Crippen LogP contribution in [0.4, 0.5) is 19.3 Å². The number of imide groups is 1. The van der Waals surface area contributed by atoms with Gasteiger partial charge in [-0.15, -0.1) is 0 Å². The van der Waals surface area contributed by atoms with E-state index in [-0.39, 0.29) is 5.69 Å². The first-order chi connectivity index (χ1) is 11.1. The van der Waals surface area contributed by atoms with Gasteiger partial charge in [0.25, 0.3) is 5.91 Å². The third kappa shape index (κ3) is 2.02. The summed E-state index contributed by atoms with van der Waals surface area (Å²) in [6.45, 7) is 0.310. The second-order valence-electron chi connectivity index (χ2n) is 5.67. The van der Waals surface area contributed by atoms with Crippen LogP contribution < -0.4 is 4.90 Å². The van der Waals surface area contributed by atoms with Crippen LogP contribution in [0.1, 0.15) is 11.1 Å². The molecule has 0 aliphatic carbocycles. The molecule has 2 aromatic carbocycles. The molecular weight excluding hydrogens is 302 g/mol. The maximum absolute atomic E-state index is 14.0. The maximum Gasteiger partial charge on any atom is 0.332 e. The molecule has 3 amide bonds. The Morgan fingerprint density at radius 3 is 2.48 bits per heavy atom. The van der Waals surface area contributed by atoms with Gasteiger partial charge in [-0.25, -0.2) is 18.5 Å². The van der Waals surface area contributed by atoms with Gasteiger partial charge in [-0.3, -0.25) is 4.79 Å². The lowest BCUT2D eigenvalue weighted by Gasteiger charge is -2.28. The summed E-state index contributed by atoms with van der Waals surface area (Å²) >= 11 is 0. The van der Waals surface area contributed by atoms with E-state index < -0.39 is 29.6 Å². The molecule has 0 radical (unpaired) electrons. The Labute approximate surface area is 130 Å². The van der Waals surface area contributed by atoms with Gasteiger partial charge in [0.05, 0.1) is 5.69 Å². The third-order valence-electron chi connectivity index (χ3n) is 4.34.